The lowest BCUT2D eigenvalue weighted by atomic mass is 10.2. The van der Waals surface area contributed by atoms with E-state index in [0.717, 1.165) is 10.4 Å². The van der Waals surface area contributed by atoms with Gasteiger partial charge in [0.1, 0.15) is 5.01 Å². The lowest BCUT2D eigenvalue weighted by Crippen LogP contribution is -1.75. The lowest BCUT2D eigenvalue weighted by molar-refractivity contribution is 0.281. The molecule has 0 radical (unpaired) electrons. The maximum Gasteiger partial charge on any atom is 0.119 e. The molecule has 0 amide bonds. The van der Waals surface area contributed by atoms with Gasteiger partial charge in [-0.05, 0) is 6.07 Å². The van der Waals surface area contributed by atoms with E-state index in [-0.39, 0.29) is 6.61 Å². The molecule has 0 aliphatic carbocycles. The van der Waals surface area contributed by atoms with Crippen molar-refractivity contribution in [3.8, 4) is 10.4 Å². The van der Waals surface area contributed by atoms with Crippen molar-refractivity contribution in [1.29, 1.82) is 0 Å². The Balaban J connectivity index is 2.44. The molecule has 0 saturated carbocycles. The summed E-state index contributed by atoms with van der Waals surface area (Å²) in [5, 5.41) is 10.3. The van der Waals surface area contributed by atoms with Gasteiger partial charge in [-0.25, -0.2) is 4.98 Å². The Morgan fingerprint density at radius 3 is 2.79 bits per heavy atom. The van der Waals surface area contributed by atoms with Crippen LogP contribution in [0.5, 0.6) is 0 Å². The van der Waals surface area contributed by atoms with Crippen molar-refractivity contribution in [2.24, 2.45) is 0 Å². The number of nitrogens with zero attached hydrogens (tertiary/aromatic N) is 1. The Kier molecular flexibility index (Phi) is 2.82. The number of rotatable bonds is 2. The van der Waals surface area contributed by atoms with Crippen molar-refractivity contribution in [1.82, 2.24) is 4.98 Å². The Hall–Kier alpha value is -0.900. The average molecular weight is 226 g/mol. The van der Waals surface area contributed by atoms with E-state index in [9.17, 15) is 0 Å². The average Bonchev–Trinajstić information content (AvgIpc) is 2.67. The molecule has 0 atom stereocenters. The number of thiazole rings is 1. The maximum absolute atomic E-state index is 8.88. The third kappa shape index (κ3) is 1.80. The molecule has 2 nitrogen and oxygen atoms in total. The molecule has 0 aliphatic rings. The summed E-state index contributed by atoms with van der Waals surface area (Å²) in [6.07, 6.45) is 1.73. The smallest absolute Gasteiger partial charge is 0.119 e. The standard InChI is InChI=1S/C10H8ClNOS/c11-8-4-2-1-3-7(8)9-5-12-10(6-13)14-9/h1-5,13H,6H2. The van der Waals surface area contributed by atoms with E-state index in [0.29, 0.717) is 10.0 Å². The first-order valence-corrected chi connectivity index (χ1v) is 5.31. The molecule has 1 aromatic heterocycles. The Labute approximate surface area is 90.8 Å². The van der Waals surface area contributed by atoms with Crippen molar-refractivity contribution < 1.29 is 5.11 Å². The summed E-state index contributed by atoms with van der Waals surface area (Å²) < 4.78 is 0. The topological polar surface area (TPSA) is 33.1 Å². The van der Waals surface area contributed by atoms with Gasteiger partial charge in [0.25, 0.3) is 0 Å². The summed E-state index contributed by atoms with van der Waals surface area (Å²) in [7, 11) is 0. The molecule has 0 aliphatic heterocycles. The highest BCUT2D eigenvalue weighted by atomic mass is 35.5. The predicted molar refractivity (Wildman–Crippen MR) is 58.5 cm³/mol. The molecule has 2 aromatic rings. The van der Waals surface area contributed by atoms with Crippen LogP contribution >= 0.6 is 22.9 Å². The Morgan fingerprint density at radius 1 is 1.36 bits per heavy atom. The van der Waals surface area contributed by atoms with E-state index in [4.69, 9.17) is 16.7 Å². The van der Waals surface area contributed by atoms with Crippen LogP contribution in [-0.4, -0.2) is 10.1 Å². The molecular formula is C10H8ClNOS. The molecule has 0 unspecified atom stereocenters. The zero-order valence-electron chi connectivity index (χ0n) is 7.27. The van der Waals surface area contributed by atoms with Crippen molar-refractivity contribution in [2.75, 3.05) is 0 Å². The molecule has 1 aromatic carbocycles. The summed E-state index contributed by atoms with van der Waals surface area (Å²) in [5.74, 6) is 0. The van der Waals surface area contributed by atoms with E-state index in [2.05, 4.69) is 4.98 Å². The zero-order valence-corrected chi connectivity index (χ0v) is 8.85. The van der Waals surface area contributed by atoms with Crippen LogP contribution in [0.2, 0.25) is 5.02 Å². The third-order valence-corrected chi connectivity index (χ3v) is 3.17. The van der Waals surface area contributed by atoms with Gasteiger partial charge in [0, 0.05) is 16.8 Å². The maximum atomic E-state index is 8.88. The summed E-state index contributed by atoms with van der Waals surface area (Å²) in [6.45, 7) is -0.0187. The van der Waals surface area contributed by atoms with Gasteiger partial charge < -0.3 is 5.11 Å². The largest absolute Gasteiger partial charge is 0.389 e. The quantitative estimate of drug-likeness (QED) is 0.853. The van der Waals surface area contributed by atoms with Crippen LogP contribution in [0.3, 0.4) is 0 Å². The normalized spacial score (nSPS) is 10.4. The molecule has 72 valence electrons. The van der Waals surface area contributed by atoms with Crippen LogP contribution < -0.4 is 0 Å². The highest BCUT2D eigenvalue weighted by molar-refractivity contribution is 7.15. The summed E-state index contributed by atoms with van der Waals surface area (Å²) >= 11 is 7.48. The highest BCUT2D eigenvalue weighted by Gasteiger charge is 2.06. The van der Waals surface area contributed by atoms with Crippen LogP contribution in [0.15, 0.2) is 30.5 Å². The van der Waals surface area contributed by atoms with E-state index >= 15 is 0 Å². The zero-order chi connectivity index (χ0) is 9.97. The number of hydrogen-bond donors (Lipinski definition) is 1. The summed E-state index contributed by atoms with van der Waals surface area (Å²) in [5.41, 5.74) is 0.964. The molecule has 0 fully saturated rings. The first-order chi connectivity index (χ1) is 6.81. The van der Waals surface area contributed by atoms with Gasteiger partial charge in [0.2, 0.25) is 0 Å². The summed E-state index contributed by atoms with van der Waals surface area (Å²) in [4.78, 5) is 5.05. The van der Waals surface area contributed by atoms with Crippen molar-refractivity contribution in [3.63, 3.8) is 0 Å². The lowest BCUT2D eigenvalue weighted by Gasteiger charge is -1.98. The minimum Gasteiger partial charge on any atom is -0.389 e. The van der Waals surface area contributed by atoms with Gasteiger partial charge in [-0.3, -0.25) is 0 Å². The number of aliphatic hydroxyl groups excluding tert-OH is 1. The third-order valence-electron chi connectivity index (χ3n) is 1.83. The first kappa shape index (κ1) is 9.65. The minimum atomic E-state index is -0.0187. The fraction of sp³-hybridized carbons (Fsp3) is 0.100. The molecule has 1 heterocycles. The molecule has 1 N–H and O–H groups in total. The predicted octanol–water partition coefficient (Wildman–Crippen LogP) is 2.96. The second kappa shape index (κ2) is 4.09. The Bertz CT molecular complexity index is 441. The fourth-order valence-electron chi connectivity index (χ4n) is 1.17. The minimum absolute atomic E-state index is 0.0187. The number of halogens is 1. The molecule has 0 spiro atoms. The second-order valence-corrected chi connectivity index (χ2v) is 4.28. The number of benzene rings is 1. The van der Waals surface area contributed by atoms with Crippen molar-refractivity contribution >= 4 is 22.9 Å². The molecule has 4 heteroatoms. The van der Waals surface area contributed by atoms with Gasteiger partial charge in [-0.2, -0.15) is 0 Å². The highest BCUT2D eigenvalue weighted by Crippen LogP contribution is 2.31. The number of hydrogen-bond acceptors (Lipinski definition) is 3. The Morgan fingerprint density at radius 2 is 2.14 bits per heavy atom. The van der Waals surface area contributed by atoms with Gasteiger partial charge in [-0.15, -0.1) is 11.3 Å². The molecule has 14 heavy (non-hydrogen) atoms. The van der Waals surface area contributed by atoms with Crippen LogP contribution in [0.25, 0.3) is 10.4 Å². The molecular weight excluding hydrogens is 218 g/mol. The van der Waals surface area contributed by atoms with Crippen LogP contribution in [0.1, 0.15) is 5.01 Å². The fourth-order valence-corrected chi connectivity index (χ4v) is 2.28. The van der Waals surface area contributed by atoms with Gasteiger partial charge >= 0.3 is 0 Å². The van der Waals surface area contributed by atoms with Crippen LogP contribution in [0, 0.1) is 0 Å². The van der Waals surface area contributed by atoms with Gasteiger partial charge in [0.15, 0.2) is 0 Å². The number of aliphatic hydroxyl groups is 1. The van der Waals surface area contributed by atoms with E-state index < -0.39 is 0 Å². The monoisotopic (exact) mass is 225 g/mol. The van der Waals surface area contributed by atoms with Crippen LogP contribution in [0.4, 0.5) is 0 Å². The second-order valence-electron chi connectivity index (χ2n) is 2.76. The SMILES string of the molecule is OCc1ncc(-c2ccccc2Cl)s1. The van der Waals surface area contributed by atoms with Gasteiger partial charge in [0.05, 0.1) is 11.5 Å². The summed E-state index contributed by atoms with van der Waals surface area (Å²) in [6, 6.07) is 7.60. The first-order valence-electron chi connectivity index (χ1n) is 4.11. The molecule has 2 rings (SSSR count). The van der Waals surface area contributed by atoms with E-state index in [1.165, 1.54) is 11.3 Å². The van der Waals surface area contributed by atoms with E-state index in [1.807, 2.05) is 24.3 Å². The van der Waals surface area contributed by atoms with Crippen LogP contribution in [-0.2, 0) is 6.61 Å². The molecule has 0 bridgehead atoms. The van der Waals surface area contributed by atoms with Gasteiger partial charge in [-0.1, -0.05) is 29.8 Å². The molecule has 0 saturated heterocycles. The van der Waals surface area contributed by atoms with Crippen molar-refractivity contribution in [2.45, 2.75) is 6.61 Å². The van der Waals surface area contributed by atoms with E-state index in [1.54, 1.807) is 6.20 Å². The number of aromatic nitrogens is 1. The van der Waals surface area contributed by atoms with Crippen molar-refractivity contribution in [3.05, 3.63) is 40.5 Å².